The lowest BCUT2D eigenvalue weighted by atomic mass is 10.1. The number of aryl methyl sites for hydroxylation is 1. The van der Waals surface area contributed by atoms with E-state index < -0.39 is 0 Å². The second kappa shape index (κ2) is 8.34. The number of aromatic amines is 1. The Morgan fingerprint density at radius 2 is 1.76 bits per heavy atom. The third-order valence-electron chi connectivity index (χ3n) is 4.79. The smallest absolute Gasteiger partial charge is 0.223 e. The Balaban J connectivity index is 1.46. The largest absolute Gasteiger partial charge is 0.358 e. The topological polar surface area (TPSA) is 39.3 Å². The Morgan fingerprint density at radius 1 is 1.04 bits per heavy atom. The van der Waals surface area contributed by atoms with E-state index in [2.05, 4.69) is 48.0 Å². The van der Waals surface area contributed by atoms with Crippen molar-refractivity contribution in [2.24, 2.45) is 5.92 Å². The number of rotatable bonds is 6. The standard InChI is InChI=1S/C21H29N3O/c1-17(2)16-23-12-14-24(15-13-23)21(25)11-9-19-8-10-20(22-19)18-6-4-3-5-7-18/h3-8,10,17,22H,9,11-16H2,1-2H3. The predicted molar refractivity (Wildman–Crippen MR) is 102 cm³/mol. The van der Waals surface area contributed by atoms with Crippen LogP contribution >= 0.6 is 0 Å². The quantitative estimate of drug-likeness (QED) is 0.876. The van der Waals surface area contributed by atoms with Crippen molar-refractivity contribution in [3.63, 3.8) is 0 Å². The van der Waals surface area contributed by atoms with Gasteiger partial charge in [-0.2, -0.15) is 0 Å². The lowest BCUT2D eigenvalue weighted by molar-refractivity contribution is -0.132. The van der Waals surface area contributed by atoms with Gasteiger partial charge in [0.2, 0.25) is 5.91 Å². The van der Waals surface area contributed by atoms with Gasteiger partial charge < -0.3 is 9.88 Å². The van der Waals surface area contributed by atoms with Crippen LogP contribution in [-0.2, 0) is 11.2 Å². The lowest BCUT2D eigenvalue weighted by Crippen LogP contribution is -2.49. The number of carbonyl (C=O) groups excluding carboxylic acids is 1. The minimum absolute atomic E-state index is 0.278. The molecule has 1 aromatic heterocycles. The highest BCUT2D eigenvalue weighted by Crippen LogP contribution is 2.18. The van der Waals surface area contributed by atoms with Crippen molar-refractivity contribution in [2.75, 3.05) is 32.7 Å². The summed E-state index contributed by atoms with van der Waals surface area (Å²) >= 11 is 0. The van der Waals surface area contributed by atoms with Crippen LogP contribution in [0, 0.1) is 5.92 Å². The fraction of sp³-hybridized carbons (Fsp3) is 0.476. The second-order valence-electron chi connectivity index (χ2n) is 7.34. The van der Waals surface area contributed by atoms with Gasteiger partial charge in [-0.1, -0.05) is 44.2 Å². The first kappa shape index (κ1) is 17.7. The van der Waals surface area contributed by atoms with Gasteiger partial charge in [-0.3, -0.25) is 9.69 Å². The fourth-order valence-corrected chi connectivity index (χ4v) is 3.47. The summed E-state index contributed by atoms with van der Waals surface area (Å²) in [5.41, 5.74) is 3.43. The van der Waals surface area contributed by atoms with Crippen LogP contribution in [0.15, 0.2) is 42.5 Å². The first-order valence-corrected chi connectivity index (χ1v) is 9.35. The van der Waals surface area contributed by atoms with Crippen LogP contribution in [0.5, 0.6) is 0 Å². The number of hydrogen-bond donors (Lipinski definition) is 1. The number of carbonyl (C=O) groups is 1. The first-order valence-electron chi connectivity index (χ1n) is 9.35. The molecule has 1 aliphatic heterocycles. The summed E-state index contributed by atoms with van der Waals surface area (Å²) in [6.07, 6.45) is 1.36. The van der Waals surface area contributed by atoms with Crippen molar-refractivity contribution in [2.45, 2.75) is 26.7 Å². The Bertz CT molecular complexity index is 669. The van der Waals surface area contributed by atoms with Gasteiger partial charge in [-0.25, -0.2) is 0 Å². The van der Waals surface area contributed by atoms with Crippen LogP contribution in [0.4, 0.5) is 0 Å². The molecule has 134 valence electrons. The third kappa shape index (κ3) is 4.95. The number of H-pyrrole nitrogens is 1. The van der Waals surface area contributed by atoms with Crippen LogP contribution in [0.25, 0.3) is 11.3 Å². The van der Waals surface area contributed by atoms with Gasteiger partial charge in [0.1, 0.15) is 0 Å². The zero-order valence-electron chi connectivity index (χ0n) is 15.4. The summed E-state index contributed by atoms with van der Waals surface area (Å²) in [6, 6.07) is 14.5. The van der Waals surface area contributed by atoms with E-state index in [0.29, 0.717) is 12.3 Å². The molecule has 25 heavy (non-hydrogen) atoms. The predicted octanol–water partition coefficient (Wildman–Crippen LogP) is 3.41. The average Bonchev–Trinajstić information content (AvgIpc) is 3.10. The van der Waals surface area contributed by atoms with Crippen molar-refractivity contribution in [3.05, 3.63) is 48.2 Å². The summed E-state index contributed by atoms with van der Waals surface area (Å²) in [6.45, 7) is 9.37. The van der Waals surface area contributed by atoms with Gasteiger partial charge in [0.25, 0.3) is 0 Å². The number of nitrogens with zero attached hydrogens (tertiary/aromatic N) is 2. The minimum Gasteiger partial charge on any atom is -0.358 e. The van der Waals surface area contributed by atoms with E-state index in [9.17, 15) is 4.79 Å². The molecule has 3 rings (SSSR count). The molecule has 1 N–H and O–H groups in total. The molecule has 1 saturated heterocycles. The number of amides is 1. The van der Waals surface area contributed by atoms with Crippen LogP contribution in [0.3, 0.4) is 0 Å². The van der Waals surface area contributed by atoms with Crippen molar-refractivity contribution in [1.29, 1.82) is 0 Å². The Morgan fingerprint density at radius 3 is 2.44 bits per heavy atom. The van der Waals surface area contributed by atoms with Gasteiger partial charge in [-0.15, -0.1) is 0 Å². The van der Waals surface area contributed by atoms with Crippen LogP contribution in [0.2, 0.25) is 0 Å². The number of hydrogen-bond acceptors (Lipinski definition) is 2. The highest BCUT2D eigenvalue weighted by atomic mass is 16.2. The summed E-state index contributed by atoms with van der Waals surface area (Å²) in [4.78, 5) is 20.4. The molecule has 1 aromatic carbocycles. The molecule has 1 fully saturated rings. The highest BCUT2D eigenvalue weighted by Gasteiger charge is 2.21. The maximum absolute atomic E-state index is 12.5. The van der Waals surface area contributed by atoms with E-state index in [1.165, 1.54) is 5.56 Å². The average molecular weight is 339 g/mol. The Labute approximate surface area is 150 Å². The van der Waals surface area contributed by atoms with Gasteiger partial charge >= 0.3 is 0 Å². The maximum Gasteiger partial charge on any atom is 0.223 e. The zero-order chi connectivity index (χ0) is 17.6. The molecule has 1 aliphatic rings. The number of piperazine rings is 1. The maximum atomic E-state index is 12.5. The van der Waals surface area contributed by atoms with Gasteiger partial charge in [0, 0.05) is 50.5 Å². The highest BCUT2D eigenvalue weighted by molar-refractivity contribution is 5.76. The molecule has 0 unspecified atom stereocenters. The molecule has 0 bridgehead atoms. The molecule has 0 radical (unpaired) electrons. The fourth-order valence-electron chi connectivity index (χ4n) is 3.47. The van der Waals surface area contributed by atoms with Gasteiger partial charge in [0.05, 0.1) is 0 Å². The summed E-state index contributed by atoms with van der Waals surface area (Å²) in [7, 11) is 0. The molecule has 2 heterocycles. The molecular formula is C21H29N3O. The Kier molecular flexibility index (Phi) is 5.92. The van der Waals surface area contributed by atoms with Crippen molar-refractivity contribution < 1.29 is 4.79 Å². The van der Waals surface area contributed by atoms with Crippen LogP contribution in [-0.4, -0.2) is 53.4 Å². The molecule has 4 nitrogen and oxygen atoms in total. The minimum atomic E-state index is 0.278. The molecule has 0 aliphatic carbocycles. The van der Waals surface area contributed by atoms with E-state index in [1.54, 1.807) is 0 Å². The van der Waals surface area contributed by atoms with Crippen molar-refractivity contribution >= 4 is 5.91 Å². The van der Waals surface area contributed by atoms with Crippen molar-refractivity contribution in [3.8, 4) is 11.3 Å². The van der Waals surface area contributed by atoms with Crippen molar-refractivity contribution in [1.82, 2.24) is 14.8 Å². The summed E-state index contributed by atoms with van der Waals surface area (Å²) in [5.74, 6) is 0.967. The van der Waals surface area contributed by atoms with E-state index in [0.717, 1.165) is 50.5 Å². The molecule has 1 amide bonds. The van der Waals surface area contributed by atoms with E-state index in [-0.39, 0.29) is 5.91 Å². The molecule has 2 aromatic rings. The second-order valence-corrected chi connectivity index (χ2v) is 7.34. The van der Waals surface area contributed by atoms with Crippen LogP contribution in [0.1, 0.15) is 26.0 Å². The molecule has 0 spiro atoms. The molecule has 0 saturated carbocycles. The number of aromatic nitrogens is 1. The molecule has 4 heteroatoms. The SMILES string of the molecule is CC(C)CN1CCN(C(=O)CCc2ccc(-c3ccccc3)[nH]2)CC1. The van der Waals surface area contributed by atoms with Gasteiger partial charge in [-0.05, 0) is 30.0 Å². The van der Waals surface area contributed by atoms with E-state index in [4.69, 9.17) is 0 Å². The lowest BCUT2D eigenvalue weighted by Gasteiger charge is -2.35. The monoisotopic (exact) mass is 339 g/mol. The first-order chi connectivity index (χ1) is 12.1. The summed E-state index contributed by atoms with van der Waals surface area (Å²) in [5, 5.41) is 0. The molecule has 0 atom stereocenters. The molecular weight excluding hydrogens is 310 g/mol. The van der Waals surface area contributed by atoms with E-state index >= 15 is 0 Å². The number of nitrogens with one attached hydrogen (secondary N) is 1. The normalized spacial score (nSPS) is 15.7. The third-order valence-corrected chi connectivity index (χ3v) is 4.79. The van der Waals surface area contributed by atoms with Gasteiger partial charge in [0.15, 0.2) is 0 Å². The van der Waals surface area contributed by atoms with E-state index in [1.807, 2.05) is 23.1 Å². The summed E-state index contributed by atoms with van der Waals surface area (Å²) < 4.78 is 0. The van der Waals surface area contributed by atoms with Crippen LogP contribution < -0.4 is 0 Å². The number of benzene rings is 1. The Hall–Kier alpha value is -2.07. The zero-order valence-corrected chi connectivity index (χ0v) is 15.4.